The Morgan fingerprint density at radius 2 is 1.84 bits per heavy atom. The average Bonchev–Trinajstić information content (AvgIpc) is 3.21. The third-order valence-electron chi connectivity index (χ3n) is 5.01. The fourth-order valence-corrected chi connectivity index (χ4v) is 3.44. The number of benzene rings is 2. The molecule has 0 fully saturated rings. The normalized spacial score (nSPS) is 12.1. The van der Waals surface area contributed by atoms with Crippen LogP contribution in [-0.4, -0.2) is 29.3 Å². The Balaban J connectivity index is 1.84. The van der Waals surface area contributed by atoms with E-state index in [1.165, 1.54) is 38.5 Å². The van der Waals surface area contributed by atoms with Crippen LogP contribution in [0.4, 0.5) is 16.2 Å². The Morgan fingerprint density at radius 3 is 2.48 bits per heavy atom. The van der Waals surface area contributed by atoms with Crippen LogP contribution in [0.3, 0.4) is 0 Å². The molecule has 2 aromatic carbocycles. The molecule has 0 aliphatic heterocycles. The lowest BCUT2D eigenvalue weighted by Gasteiger charge is -2.12. The van der Waals surface area contributed by atoms with Crippen molar-refractivity contribution in [1.29, 1.82) is 0 Å². The first-order valence-corrected chi connectivity index (χ1v) is 9.39. The molecule has 9 heteroatoms. The Kier molecular flexibility index (Phi) is 5.35. The second kappa shape index (κ2) is 8.11. The van der Waals surface area contributed by atoms with Crippen LogP contribution in [0.5, 0.6) is 11.5 Å². The van der Waals surface area contributed by atoms with Crippen molar-refractivity contribution in [3.8, 4) is 11.5 Å². The van der Waals surface area contributed by atoms with E-state index < -0.39 is 11.9 Å². The van der Waals surface area contributed by atoms with E-state index in [-0.39, 0.29) is 17.5 Å². The third-order valence-corrected chi connectivity index (χ3v) is 5.01. The molecule has 1 atom stereocenters. The number of aliphatic hydroxyl groups excluding tert-OH is 1. The van der Waals surface area contributed by atoms with Gasteiger partial charge in [-0.3, -0.25) is 0 Å². The summed E-state index contributed by atoms with van der Waals surface area (Å²) in [7, 11) is 3.02. The quantitative estimate of drug-likeness (QED) is 0.430. The van der Waals surface area contributed by atoms with Crippen molar-refractivity contribution in [3.05, 3.63) is 70.9 Å². The number of aromatic nitrogens is 2. The van der Waals surface area contributed by atoms with Gasteiger partial charge in [0.15, 0.2) is 11.3 Å². The number of anilines is 2. The number of nitrogens with two attached hydrogens (primary N) is 2. The van der Waals surface area contributed by atoms with Gasteiger partial charge in [-0.15, -0.1) is 0 Å². The largest absolute Gasteiger partial charge is 0.493 e. The first-order chi connectivity index (χ1) is 14.9. The molecular weight excluding hydrogens is 403 g/mol. The minimum Gasteiger partial charge on any atom is -0.493 e. The van der Waals surface area contributed by atoms with Crippen molar-refractivity contribution < 1.29 is 23.4 Å². The summed E-state index contributed by atoms with van der Waals surface area (Å²) in [5.41, 5.74) is 14.0. The highest BCUT2D eigenvalue weighted by molar-refractivity contribution is 5.90. The third kappa shape index (κ3) is 3.82. The van der Waals surface area contributed by atoms with Crippen LogP contribution in [0.15, 0.2) is 47.0 Å². The zero-order valence-corrected chi connectivity index (χ0v) is 16.9. The number of rotatable bonds is 6. The van der Waals surface area contributed by atoms with Crippen LogP contribution >= 0.6 is 0 Å². The van der Waals surface area contributed by atoms with Gasteiger partial charge in [0, 0.05) is 23.6 Å². The summed E-state index contributed by atoms with van der Waals surface area (Å²) in [6.45, 7) is 0. The van der Waals surface area contributed by atoms with E-state index in [2.05, 4.69) is 9.97 Å². The number of ether oxygens (including phenoxy) is 2. The Morgan fingerprint density at radius 1 is 1.10 bits per heavy atom. The van der Waals surface area contributed by atoms with E-state index in [9.17, 15) is 9.50 Å². The summed E-state index contributed by atoms with van der Waals surface area (Å²) >= 11 is 0. The van der Waals surface area contributed by atoms with Crippen molar-refractivity contribution in [1.82, 2.24) is 9.97 Å². The lowest BCUT2D eigenvalue weighted by Crippen LogP contribution is -2.04. The van der Waals surface area contributed by atoms with E-state index in [4.69, 9.17) is 25.4 Å². The minimum atomic E-state index is -1.10. The van der Waals surface area contributed by atoms with Gasteiger partial charge >= 0.3 is 0 Å². The van der Waals surface area contributed by atoms with Crippen LogP contribution in [0.25, 0.3) is 11.0 Å². The maximum Gasteiger partial charge on any atom is 0.221 e. The maximum atomic E-state index is 13.3. The van der Waals surface area contributed by atoms with Gasteiger partial charge in [0.2, 0.25) is 11.7 Å². The highest BCUT2D eigenvalue weighted by Gasteiger charge is 2.23. The lowest BCUT2D eigenvalue weighted by molar-refractivity contribution is 0.191. The molecular formula is C22H21FN4O4. The number of hydrogen-bond donors (Lipinski definition) is 3. The molecule has 5 N–H and O–H groups in total. The van der Waals surface area contributed by atoms with Crippen molar-refractivity contribution >= 4 is 22.7 Å². The molecule has 2 heterocycles. The van der Waals surface area contributed by atoms with E-state index in [1.54, 1.807) is 18.3 Å². The first-order valence-electron chi connectivity index (χ1n) is 9.39. The molecule has 160 valence electrons. The molecule has 4 aromatic rings. The molecule has 0 bridgehead atoms. The van der Waals surface area contributed by atoms with Crippen molar-refractivity contribution in [3.63, 3.8) is 0 Å². The highest BCUT2D eigenvalue weighted by Crippen LogP contribution is 2.42. The molecule has 8 nitrogen and oxygen atoms in total. The molecule has 0 saturated carbocycles. The van der Waals surface area contributed by atoms with Gasteiger partial charge in [-0.2, -0.15) is 4.98 Å². The minimum absolute atomic E-state index is 0.0896. The summed E-state index contributed by atoms with van der Waals surface area (Å²) in [5.74, 6) is 1.09. The lowest BCUT2D eigenvalue weighted by atomic mass is 10.0. The molecule has 0 saturated heterocycles. The number of fused-ring (bicyclic) bond motifs is 1. The Hall–Kier alpha value is -3.85. The van der Waals surface area contributed by atoms with E-state index >= 15 is 0 Å². The first kappa shape index (κ1) is 20.4. The van der Waals surface area contributed by atoms with Gasteiger partial charge < -0.3 is 30.5 Å². The fraction of sp³-hybridized carbons (Fsp3) is 0.182. The van der Waals surface area contributed by atoms with Crippen LogP contribution in [0, 0.1) is 5.82 Å². The summed E-state index contributed by atoms with van der Waals surface area (Å²) in [5, 5.41) is 11.5. The number of hydrogen-bond acceptors (Lipinski definition) is 8. The number of furan rings is 1. The number of aliphatic hydroxyl groups is 1. The summed E-state index contributed by atoms with van der Waals surface area (Å²) in [6, 6.07) is 9.08. The Bertz CT molecular complexity index is 1240. The van der Waals surface area contributed by atoms with Crippen LogP contribution in [0.1, 0.15) is 28.6 Å². The number of nitrogen functional groups attached to an aromatic ring is 2. The SMILES string of the molecule is COc1cc(Cc2cnc(N)nc2N)c2cc(C(O)c3ccc(F)cc3)oc2c1OC. The van der Waals surface area contributed by atoms with Crippen molar-refractivity contribution in [2.24, 2.45) is 0 Å². The van der Waals surface area contributed by atoms with Crippen molar-refractivity contribution in [2.75, 3.05) is 25.7 Å². The van der Waals surface area contributed by atoms with Gasteiger partial charge in [0.05, 0.1) is 14.2 Å². The molecule has 0 aliphatic rings. The summed E-state index contributed by atoms with van der Waals surface area (Å²) in [6.07, 6.45) is 0.838. The Labute approximate surface area is 177 Å². The second-order valence-electron chi connectivity index (χ2n) is 6.93. The zero-order chi connectivity index (χ0) is 22.1. The van der Waals surface area contributed by atoms with E-state index in [0.717, 1.165) is 5.56 Å². The molecule has 0 spiro atoms. The molecule has 4 rings (SSSR count). The van der Waals surface area contributed by atoms with Crippen LogP contribution < -0.4 is 20.9 Å². The summed E-state index contributed by atoms with van der Waals surface area (Å²) in [4.78, 5) is 8.01. The van der Waals surface area contributed by atoms with Crippen LogP contribution in [0.2, 0.25) is 0 Å². The standard InChI is InChI=1S/C22H21FN4O4/c1-29-17-8-12(7-13-10-26-22(25)27-21(13)24)15-9-16(31-19(15)20(17)30-2)18(28)11-3-5-14(23)6-4-11/h3-6,8-10,18,28H,7H2,1-2H3,(H4,24,25,26,27). The fourth-order valence-electron chi connectivity index (χ4n) is 3.44. The van der Waals surface area contributed by atoms with Gasteiger partial charge in [0.25, 0.3) is 0 Å². The molecule has 31 heavy (non-hydrogen) atoms. The average molecular weight is 424 g/mol. The number of halogens is 1. The number of methoxy groups -OCH3 is 2. The van der Waals surface area contributed by atoms with Gasteiger partial charge in [0.1, 0.15) is 23.5 Å². The maximum absolute atomic E-state index is 13.3. The zero-order valence-electron chi connectivity index (χ0n) is 16.9. The molecule has 2 aromatic heterocycles. The van der Waals surface area contributed by atoms with Gasteiger partial charge in [-0.25, -0.2) is 9.37 Å². The summed E-state index contributed by atoms with van der Waals surface area (Å²) < 4.78 is 30.2. The van der Waals surface area contributed by atoms with Gasteiger partial charge in [-0.1, -0.05) is 12.1 Å². The van der Waals surface area contributed by atoms with Crippen molar-refractivity contribution in [2.45, 2.75) is 12.5 Å². The predicted octanol–water partition coefficient (Wildman–Crippen LogP) is 3.22. The molecule has 0 aliphatic carbocycles. The topological polar surface area (TPSA) is 130 Å². The molecule has 0 amide bonds. The monoisotopic (exact) mass is 424 g/mol. The van der Waals surface area contributed by atoms with E-state index in [0.29, 0.717) is 40.0 Å². The molecule has 1 unspecified atom stereocenters. The van der Waals surface area contributed by atoms with E-state index in [1.807, 2.05) is 0 Å². The number of nitrogens with zero attached hydrogens (tertiary/aromatic N) is 2. The predicted molar refractivity (Wildman–Crippen MR) is 113 cm³/mol. The highest BCUT2D eigenvalue weighted by atomic mass is 19.1. The molecule has 0 radical (unpaired) electrons. The van der Waals surface area contributed by atoms with Crippen LogP contribution in [-0.2, 0) is 6.42 Å². The smallest absolute Gasteiger partial charge is 0.221 e. The second-order valence-corrected chi connectivity index (χ2v) is 6.93. The van der Waals surface area contributed by atoms with Gasteiger partial charge in [-0.05, 0) is 35.4 Å².